The van der Waals surface area contributed by atoms with Crippen molar-refractivity contribution in [2.24, 2.45) is 0 Å². The molecule has 32 heavy (non-hydrogen) atoms. The topological polar surface area (TPSA) is 106 Å². The first-order chi connectivity index (χ1) is 15.1. The molecule has 1 aliphatic heterocycles. The third-order valence-corrected chi connectivity index (χ3v) is 4.83. The number of morpholine rings is 1. The first-order valence-electron chi connectivity index (χ1n) is 10.8. The molecule has 1 aromatic rings. The monoisotopic (exact) mass is 449 g/mol. The third-order valence-electron chi connectivity index (χ3n) is 4.83. The quantitative estimate of drug-likeness (QED) is 0.540. The van der Waals surface area contributed by atoms with Crippen LogP contribution in [0, 0.1) is 0 Å². The predicted molar refractivity (Wildman–Crippen MR) is 119 cm³/mol. The Bertz CT molecular complexity index is 769. The number of nitrogens with zero attached hydrogens (tertiary/aromatic N) is 1. The molecule has 1 aliphatic rings. The van der Waals surface area contributed by atoms with Crippen LogP contribution in [0.5, 0.6) is 5.75 Å². The molecule has 2 N–H and O–H groups in total. The van der Waals surface area contributed by atoms with E-state index in [1.54, 1.807) is 6.92 Å². The molecule has 0 radical (unpaired) electrons. The summed E-state index contributed by atoms with van der Waals surface area (Å²) >= 11 is 0. The largest absolute Gasteiger partial charge is 0.488 e. The van der Waals surface area contributed by atoms with Crippen molar-refractivity contribution in [3.05, 3.63) is 29.8 Å². The van der Waals surface area contributed by atoms with Crippen LogP contribution in [-0.4, -0.2) is 80.3 Å². The first kappa shape index (κ1) is 25.6. The van der Waals surface area contributed by atoms with E-state index in [1.165, 1.54) is 7.11 Å². The summed E-state index contributed by atoms with van der Waals surface area (Å²) in [6.07, 6.45) is 0.253. The van der Waals surface area contributed by atoms with E-state index in [0.29, 0.717) is 26.3 Å². The maximum Gasteiger partial charge on any atom is 0.328 e. The summed E-state index contributed by atoms with van der Waals surface area (Å²) in [5, 5.41) is 5.36. The Morgan fingerprint density at radius 2 is 1.72 bits per heavy atom. The molecule has 9 heteroatoms. The minimum atomic E-state index is -0.875. The molecule has 2 atom stereocenters. The number of nitrogens with one attached hydrogen (secondary N) is 2. The van der Waals surface area contributed by atoms with Crippen molar-refractivity contribution in [3.63, 3.8) is 0 Å². The molecular formula is C23H35N3O6. The van der Waals surface area contributed by atoms with Gasteiger partial charge < -0.3 is 24.8 Å². The van der Waals surface area contributed by atoms with E-state index in [4.69, 9.17) is 14.2 Å². The maximum absolute atomic E-state index is 12.6. The number of esters is 1. The second kappa shape index (κ2) is 11.8. The molecule has 1 saturated heterocycles. The SMILES string of the molecule is COC(=O)C(Cc1ccc(OC(C)(C)C)cc1)NC(=O)[C@H](C)NC(=O)CN1CCOCC1. The second-order valence-corrected chi connectivity index (χ2v) is 8.82. The van der Waals surface area contributed by atoms with E-state index < -0.39 is 24.0 Å². The molecule has 1 fully saturated rings. The molecule has 1 aromatic carbocycles. The average Bonchev–Trinajstić information content (AvgIpc) is 2.73. The fraction of sp³-hybridized carbons (Fsp3) is 0.609. The maximum atomic E-state index is 12.6. The van der Waals surface area contributed by atoms with E-state index in [9.17, 15) is 14.4 Å². The predicted octanol–water partition coefficient (Wildman–Crippen LogP) is 0.901. The summed E-state index contributed by atoms with van der Waals surface area (Å²) in [4.78, 5) is 39.1. The van der Waals surface area contributed by atoms with E-state index in [1.807, 2.05) is 49.9 Å². The summed E-state index contributed by atoms with van der Waals surface area (Å²) in [5.74, 6) is -0.543. The van der Waals surface area contributed by atoms with E-state index >= 15 is 0 Å². The lowest BCUT2D eigenvalue weighted by Gasteiger charge is -2.26. The van der Waals surface area contributed by atoms with Crippen molar-refractivity contribution in [3.8, 4) is 5.75 Å². The molecule has 2 amide bonds. The molecule has 0 bridgehead atoms. The van der Waals surface area contributed by atoms with Crippen LogP contribution in [0.15, 0.2) is 24.3 Å². The van der Waals surface area contributed by atoms with Crippen LogP contribution >= 0.6 is 0 Å². The summed E-state index contributed by atoms with van der Waals surface area (Å²) in [7, 11) is 1.27. The van der Waals surface area contributed by atoms with Gasteiger partial charge >= 0.3 is 5.97 Å². The molecule has 1 heterocycles. The van der Waals surface area contributed by atoms with Gasteiger partial charge in [-0.1, -0.05) is 12.1 Å². The van der Waals surface area contributed by atoms with Crippen molar-refractivity contribution >= 4 is 17.8 Å². The zero-order valence-corrected chi connectivity index (χ0v) is 19.6. The Morgan fingerprint density at radius 1 is 1.09 bits per heavy atom. The summed E-state index contributed by atoms with van der Waals surface area (Å²) in [6.45, 7) is 10.2. The number of carbonyl (C=O) groups is 3. The highest BCUT2D eigenvalue weighted by Crippen LogP contribution is 2.19. The van der Waals surface area contributed by atoms with Crippen LogP contribution in [0.1, 0.15) is 33.3 Å². The first-order valence-corrected chi connectivity index (χ1v) is 10.8. The van der Waals surface area contributed by atoms with Crippen molar-refractivity contribution in [1.29, 1.82) is 0 Å². The van der Waals surface area contributed by atoms with Crippen LogP contribution in [-0.2, 0) is 30.3 Å². The lowest BCUT2D eigenvalue weighted by molar-refractivity contribution is -0.145. The summed E-state index contributed by atoms with van der Waals surface area (Å²) in [6, 6.07) is 5.67. The number of rotatable bonds is 9. The van der Waals surface area contributed by atoms with Crippen LogP contribution < -0.4 is 15.4 Å². The van der Waals surface area contributed by atoms with Gasteiger partial charge in [0, 0.05) is 19.5 Å². The number of amides is 2. The molecular weight excluding hydrogens is 414 g/mol. The van der Waals surface area contributed by atoms with Crippen molar-refractivity contribution in [2.45, 2.75) is 51.8 Å². The molecule has 0 aromatic heterocycles. The molecule has 0 spiro atoms. The Hall–Kier alpha value is -2.65. The highest BCUT2D eigenvalue weighted by molar-refractivity contribution is 5.91. The second-order valence-electron chi connectivity index (χ2n) is 8.82. The van der Waals surface area contributed by atoms with Gasteiger partial charge in [-0.15, -0.1) is 0 Å². The minimum absolute atomic E-state index is 0.199. The van der Waals surface area contributed by atoms with Gasteiger partial charge in [-0.05, 0) is 45.4 Å². The van der Waals surface area contributed by atoms with Crippen LogP contribution in [0.3, 0.4) is 0 Å². The Balaban J connectivity index is 1.92. The van der Waals surface area contributed by atoms with E-state index in [2.05, 4.69) is 10.6 Å². The van der Waals surface area contributed by atoms with Gasteiger partial charge in [0.05, 0.1) is 26.9 Å². The fourth-order valence-electron chi connectivity index (χ4n) is 3.23. The van der Waals surface area contributed by atoms with Crippen LogP contribution in [0.4, 0.5) is 0 Å². The summed E-state index contributed by atoms with van der Waals surface area (Å²) < 4.78 is 15.9. The molecule has 0 aliphatic carbocycles. The highest BCUT2D eigenvalue weighted by atomic mass is 16.5. The van der Waals surface area contributed by atoms with Gasteiger partial charge in [0.25, 0.3) is 0 Å². The molecule has 9 nitrogen and oxygen atoms in total. The summed E-state index contributed by atoms with van der Waals surface area (Å²) in [5.41, 5.74) is 0.526. The van der Waals surface area contributed by atoms with Crippen molar-refractivity contribution in [1.82, 2.24) is 15.5 Å². The van der Waals surface area contributed by atoms with Gasteiger partial charge in [-0.2, -0.15) is 0 Å². The van der Waals surface area contributed by atoms with E-state index in [-0.39, 0.29) is 24.5 Å². The van der Waals surface area contributed by atoms with Crippen LogP contribution in [0.25, 0.3) is 0 Å². The lowest BCUT2D eigenvalue weighted by atomic mass is 10.0. The highest BCUT2D eigenvalue weighted by Gasteiger charge is 2.26. The third kappa shape index (κ3) is 8.84. The number of methoxy groups -OCH3 is 1. The Morgan fingerprint density at radius 3 is 2.28 bits per heavy atom. The number of hydrogen-bond donors (Lipinski definition) is 2. The molecule has 2 rings (SSSR count). The smallest absolute Gasteiger partial charge is 0.328 e. The average molecular weight is 450 g/mol. The normalized spacial score (nSPS) is 16.5. The number of benzene rings is 1. The molecule has 1 unspecified atom stereocenters. The van der Waals surface area contributed by atoms with Crippen molar-refractivity contribution < 1.29 is 28.6 Å². The van der Waals surface area contributed by atoms with Gasteiger partial charge in [-0.3, -0.25) is 14.5 Å². The van der Waals surface area contributed by atoms with Gasteiger partial charge in [0.1, 0.15) is 23.4 Å². The number of ether oxygens (including phenoxy) is 3. The van der Waals surface area contributed by atoms with Crippen molar-refractivity contribution in [2.75, 3.05) is 40.0 Å². The zero-order valence-electron chi connectivity index (χ0n) is 19.6. The van der Waals surface area contributed by atoms with Crippen LogP contribution in [0.2, 0.25) is 0 Å². The van der Waals surface area contributed by atoms with Gasteiger partial charge in [-0.25, -0.2) is 4.79 Å². The van der Waals surface area contributed by atoms with Gasteiger partial charge in [0.2, 0.25) is 11.8 Å². The van der Waals surface area contributed by atoms with Gasteiger partial charge in [0.15, 0.2) is 0 Å². The lowest BCUT2D eigenvalue weighted by Crippen LogP contribution is -2.53. The Kier molecular flexibility index (Phi) is 9.46. The molecule has 0 saturated carbocycles. The standard InChI is InChI=1S/C23H35N3O6/c1-16(24-20(27)15-26-10-12-31-13-11-26)21(28)25-19(22(29)30-5)14-17-6-8-18(9-7-17)32-23(2,3)4/h6-9,16,19H,10-15H2,1-5H3,(H,24,27)(H,25,28)/t16-,19?/m0/s1. The zero-order chi connectivity index (χ0) is 23.7. The van der Waals surface area contributed by atoms with E-state index in [0.717, 1.165) is 11.3 Å². The molecule has 178 valence electrons. The minimum Gasteiger partial charge on any atom is -0.488 e. The number of carbonyl (C=O) groups excluding carboxylic acids is 3. The number of hydrogen-bond acceptors (Lipinski definition) is 7. The Labute approximate surface area is 189 Å². The fourth-order valence-corrected chi connectivity index (χ4v) is 3.23.